The summed E-state index contributed by atoms with van der Waals surface area (Å²) in [6, 6.07) is 2.67. The van der Waals surface area contributed by atoms with Gasteiger partial charge in [-0.15, -0.1) is 11.3 Å². The van der Waals surface area contributed by atoms with E-state index in [-0.39, 0.29) is 0 Å². The minimum atomic E-state index is 0.326. The highest BCUT2D eigenvalue weighted by molar-refractivity contribution is 7.10. The number of thiophene rings is 1. The van der Waals surface area contributed by atoms with Gasteiger partial charge in [-0.05, 0) is 47.6 Å². The van der Waals surface area contributed by atoms with Crippen molar-refractivity contribution in [2.24, 2.45) is 17.1 Å². The second-order valence-corrected chi connectivity index (χ2v) is 8.02. The van der Waals surface area contributed by atoms with Crippen LogP contribution in [0.25, 0.3) is 0 Å². The first-order chi connectivity index (χ1) is 9.06. The number of nitrogens with two attached hydrogens (primary N) is 1. The molecule has 2 heterocycles. The summed E-state index contributed by atoms with van der Waals surface area (Å²) in [7, 11) is 0. The first-order valence-corrected chi connectivity index (χ1v) is 8.47. The summed E-state index contributed by atoms with van der Waals surface area (Å²) < 4.78 is 0. The van der Waals surface area contributed by atoms with Crippen molar-refractivity contribution in [2.45, 2.75) is 52.1 Å². The van der Waals surface area contributed by atoms with Crippen molar-refractivity contribution in [2.75, 3.05) is 13.1 Å². The van der Waals surface area contributed by atoms with Gasteiger partial charge in [-0.1, -0.05) is 20.3 Å². The monoisotopic (exact) mass is 278 g/mol. The zero-order valence-electron chi connectivity index (χ0n) is 12.2. The molecule has 1 aromatic rings. The summed E-state index contributed by atoms with van der Waals surface area (Å²) in [6.45, 7) is 8.24. The largest absolute Gasteiger partial charge is 0.327 e. The van der Waals surface area contributed by atoms with Gasteiger partial charge in [-0.2, -0.15) is 0 Å². The van der Waals surface area contributed by atoms with Crippen LogP contribution in [-0.4, -0.2) is 24.0 Å². The standard InChI is InChI=1S/C16H26N2S/c1-16(2)7-3-4-13(15(16)17)11-18-8-5-14-12(10-18)6-9-19-14/h6,9,13,15H,3-5,7-8,10-11,17H2,1-2H3. The number of hydrogen-bond acceptors (Lipinski definition) is 3. The fourth-order valence-electron chi connectivity index (χ4n) is 3.80. The maximum atomic E-state index is 6.52. The van der Waals surface area contributed by atoms with Crippen LogP contribution in [0.5, 0.6) is 0 Å². The molecule has 2 aliphatic rings. The van der Waals surface area contributed by atoms with E-state index in [9.17, 15) is 0 Å². The molecule has 3 heteroatoms. The molecule has 0 aromatic carbocycles. The predicted molar refractivity (Wildman–Crippen MR) is 82.4 cm³/mol. The van der Waals surface area contributed by atoms with Crippen LogP contribution in [0.1, 0.15) is 43.6 Å². The molecule has 0 radical (unpaired) electrons. The maximum Gasteiger partial charge on any atom is 0.0245 e. The van der Waals surface area contributed by atoms with Crippen molar-refractivity contribution in [3.63, 3.8) is 0 Å². The lowest BCUT2D eigenvalue weighted by atomic mass is 9.68. The molecular weight excluding hydrogens is 252 g/mol. The lowest BCUT2D eigenvalue weighted by molar-refractivity contribution is 0.0975. The molecule has 0 amide bonds. The van der Waals surface area contributed by atoms with Crippen LogP contribution in [0.3, 0.4) is 0 Å². The lowest BCUT2D eigenvalue weighted by Gasteiger charge is -2.44. The van der Waals surface area contributed by atoms with Gasteiger partial charge in [0.25, 0.3) is 0 Å². The van der Waals surface area contributed by atoms with Gasteiger partial charge in [0, 0.05) is 30.6 Å². The number of hydrogen-bond donors (Lipinski definition) is 1. The topological polar surface area (TPSA) is 29.3 Å². The Hall–Kier alpha value is -0.380. The average molecular weight is 278 g/mol. The Labute approximate surface area is 121 Å². The first kappa shape index (κ1) is 13.6. The van der Waals surface area contributed by atoms with Crippen molar-refractivity contribution < 1.29 is 0 Å². The summed E-state index contributed by atoms with van der Waals surface area (Å²) in [5.41, 5.74) is 8.41. The van der Waals surface area contributed by atoms with E-state index in [2.05, 4.69) is 30.2 Å². The highest BCUT2D eigenvalue weighted by atomic mass is 32.1. The second-order valence-electron chi connectivity index (χ2n) is 7.02. The van der Waals surface area contributed by atoms with Crippen LogP contribution in [0.4, 0.5) is 0 Å². The van der Waals surface area contributed by atoms with E-state index in [0.29, 0.717) is 17.4 Å². The molecular formula is C16H26N2S. The molecule has 2 N–H and O–H groups in total. The molecule has 1 aliphatic heterocycles. The quantitative estimate of drug-likeness (QED) is 0.899. The van der Waals surface area contributed by atoms with Crippen LogP contribution in [0.2, 0.25) is 0 Å². The van der Waals surface area contributed by atoms with Gasteiger partial charge in [0.15, 0.2) is 0 Å². The lowest BCUT2D eigenvalue weighted by Crippen LogP contribution is -2.50. The van der Waals surface area contributed by atoms with E-state index in [0.717, 1.165) is 6.54 Å². The minimum Gasteiger partial charge on any atom is -0.327 e. The Bertz CT molecular complexity index is 438. The van der Waals surface area contributed by atoms with Gasteiger partial charge in [0.1, 0.15) is 0 Å². The van der Waals surface area contributed by atoms with Gasteiger partial charge < -0.3 is 5.73 Å². The Morgan fingerprint density at radius 2 is 2.32 bits per heavy atom. The molecule has 19 heavy (non-hydrogen) atoms. The second kappa shape index (κ2) is 5.19. The fraction of sp³-hybridized carbons (Fsp3) is 0.750. The van der Waals surface area contributed by atoms with Gasteiger partial charge in [0.05, 0.1) is 0 Å². The van der Waals surface area contributed by atoms with E-state index in [1.54, 1.807) is 10.4 Å². The Kier molecular flexibility index (Phi) is 3.71. The number of fused-ring (bicyclic) bond motifs is 1. The van der Waals surface area contributed by atoms with E-state index >= 15 is 0 Å². The van der Waals surface area contributed by atoms with Crippen LogP contribution >= 0.6 is 11.3 Å². The summed E-state index contributed by atoms with van der Waals surface area (Å²) in [5.74, 6) is 0.684. The Morgan fingerprint density at radius 3 is 3.16 bits per heavy atom. The van der Waals surface area contributed by atoms with Gasteiger partial charge in [-0.3, -0.25) is 4.90 Å². The molecule has 0 bridgehead atoms. The normalized spacial score (nSPS) is 31.1. The van der Waals surface area contributed by atoms with Crippen LogP contribution in [0.15, 0.2) is 11.4 Å². The van der Waals surface area contributed by atoms with Crippen LogP contribution < -0.4 is 5.73 Å². The Balaban J connectivity index is 1.63. The summed E-state index contributed by atoms with van der Waals surface area (Å²) >= 11 is 1.92. The van der Waals surface area contributed by atoms with Gasteiger partial charge in [-0.25, -0.2) is 0 Å². The molecule has 0 saturated heterocycles. The smallest absolute Gasteiger partial charge is 0.0245 e. The molecule has 2 nitrogen and oxygen atoms in total. The van der Waals surface area contributed by atoms with Crippen LogP contribution in [0, 0.1) is 11.3 Å². The van der Waals surface area contributed by atoms with Crippen molar-refractivity contribution in [1.82, 2.24) is 4.90 Å². The molecule has 3 rings (SSSR count). The van der Waals surface area contributed by atoms with E-state index in [1.807, 2.05) is 11.3 Å². The molecule has 106 valence electrons. The van der Waals surface area contributed by atoms with Crippen molar-refractivity contribution in [3.05, 3.63) is 21.9 Å². The van der Waals surface area contributed by atoms with E-state index in [4.69, 9.17) is 5.73 Å². The number of rotatable bonds is 2. The SMILES string of the molecule is CC1(C)CCCC(CN2CCc3sccc3C2)C1N. The summed E-state index contributed by atoms with van der Waals surface area (Å²) in [5, 5.41) is 2.24. The summed E-state index contributed by atoms with van der Waals surface area (Å²) in [4.78, 5) is 4.23. The summed E-state index contributed by atoms with van der Waals surface area (Å²) in [6.07, 6.45) is 5.19. The average Bonchev–Trinajstić information content (AvgIpc) is 2.82. The van der Waals surface area contributed by atoms with Crippen LogP contribution in [-0.2, 0) is 13.0 Å². The van der Waals surface area contributed by atoms with Gasteiger partial charge in [0.2, 0.25) is 0 Å². The van der Waals surface area contributed by atoms with Gasteiger partial charge >= 0.3 is 0 Å². The van der Waals surface area contributed by atoms with E-state index < -0.39 is 0 Å². The molecule has 1 aliphatic carbocycles. The fourth-order valence-corrected chi connectivity index (χ4v) is 4.69. The van der Waals surface area contributed by atoms with Crippen molar-refractivity contribution in [1.29, 1.82) is 0 Å². The van der Waals surface area contributed by atoms with Crippen molar-refractivity contribution in [3.8, 4) is 0 Å². The third-order valence-corrected chi connectivity index (χ3v) is 6.21. The minimum absolute atomic E-state index is 0.326. The molecule has 2 unspecified atom stereocenters. The zero-order valence-corrected chi connectivity index (χ0v) is 13.0. The molecule has 1 aromatic heterocycles. The molecule has 0 spiro atoms. The number of nitrogens with zero attached hydrogens (tertiary/aromatic N) is 1. The van der Waals surface area contributed by atoms with E-state index in [1.165, 1.54) is 38.8 Å². The molecule has 1 fully saturated rings. The predicted octanol–water partition coefficient (Wildman–Crippen LogP) is 3.26. The zero-order chi connectivity index (χ0) is 13.5. The molecule has 2 atom stereocenters. The third-order valence-electron chi connectivity index (χ3n) is 5.19. The Morgan fingerprint density at radius 1 is 1.47 bits per heavy atom. The molecule has 1 saturated carbocycles. The maximum absolute atomic E-state index is 6.52. The van der Waals surface area contributed by atoms with Crippen molar-refractivity contribution >= 4 is 11.3 Å². The highest BCUT2D eigenvalue weighted by Gasteiger charge is 2.37. The highest BCUT2D eigenvalue weighted by Crippen LogP contribution is 2.38. The first-order valence-electron chi connectivity index (χ1n) is 7.59. The third kappa shape index (κ3) is 2.74.